The maximum Gasteiger partial charge on any atom is 0.192 e. The van der Waals surface area contributed by atoms with Crippen molar-refractivity contribution in [2.45, 2.75) is 64.4 Å². The summed E-state index contributed by atoms with van der Waals surface area (Å²) in [7, 11) is -1.87. The van der Waals surface area contributed by atoms with Gasteiger partial charge in [0.2, 0.25) is 0 Å². The summed E-state index contributed by atoms with van der Waals surface area (Å²) in [6.45, 7) is 13.3. The zero-order valence-electron chi connectivity index (χ0n) is 15.1. The topological polar surface area (TPSA) is 33.3 Å². The molecular formula is C18H31FN2OSi. The summed E-state index contributed by atoms with van der Waals surface area (Å²) in [5, 5.41) is 6.82. The van der Waals surface area contributed by atoms with E-state index < -0.39 is 8.32 Å². The summed E-state index contributed by atoms with van der Waals surface area (Å²) in [5.74, 6) is -0.162. The van der Waals surface area contributed by atoms with Gasteiger partial charge < -0.3 is 15.1 Å². The first-order valence-corrected chi connectivity index (χ1v) is 11.5. The van der Waals surface area contributed by atoms with Crippen LogP contribution >= 0.6 is 0 Å². The van der Waals surface area contributed by atoms with Gasteiger partial charge in [-0.3, -0.25) is 0 Å². The van der Waals surface area contributed by atoms with E-state index in [1.54, 1.807) is 0 Å². The number of benzene rings is 1. The Morgan fingerprint density at radius 1 is 1.26 bits per heavy atom. The van der Waals surface area contributed by atoms with Gasteiger partial charge in [0, 0.05) is 11.6 Å². The zero-order chi connectivity index (χ0) is 17.1. The number of rotatable bonds is 5. The molecular weight excluding hydrogens is 307 g/mol. The number of hydrogen-bond donors (Lipinski definition) is 2. The average Bonchev–Trinajstić information content (AvgIpc) is 2.48. The first-order chi connectivity index (χ1) is 10.7. The highest BCUT2D eigenvalue weighted by Gasteiger charge is 2.37. The Kier molecular flexibility index (Phi) is 5.87. The van der Waals surface area contributed by atoms with Crippen LogP contribution < -0.4 is 10.6 Å². The minimum Gasteiger partial charge on any atom is -0.412 e. The molecule has 0 amide bonds. The Bertz CT molecular complexity index is 522. The molecule has 1 aliphatic rings. The Balaban J connectivity index is 2.04. The van der Waals surface area contributed by atoms with E-state index in [0.29, 0.717) is 23.9 Å². The summed E-state index contributed by atoms with van der Waals surface area (Å²) in [4.78, 5) is 0. The maximum atomic E-state index is 14.8. The molecule has 23 heavy (non-hydrogen) atoms. The minimum absolute atomic E-state index is 0.133. The molecule has 5 heteroatoms. The van der Waals surface area contributed by atoms with Gasteiger partial charge >= 0.3 is 0 Å². The van der Waals surface area contributed by atoms with E-state index in [1.165, 1.54) is 0 Å². The fourth-order valence-electron chi connectivity index (χ4n) is 2.46. The third kappa shape index (κ3) is 4.78. The van der Waals surface area contributed by atoms with E-state index in [4.69, 9.17) is 4.43 Å². The second-order valence-corrected chi connectivity index (χ2v) is 12.8. The molecule has 0 unspecified atom stereocenters. The first kappa shape index (κ1) is 18.4. The lowest BCUT2D eigenvalue weighted by Gasteiger charge is -2.36. The third-order valence-electron chi connectivity index (χ3n) is 5.17. The lowest BCUT2D eigenvalue weighted by molar-refractivity contribution is 0.271. The molecule has 0 saturated carbocycles. The van der Waals surface area contributed by atoms with Gasteiger partial charge in [-0.15, -0.1) is 0 Å². The Labute approximate surface area is 141 Å². The van der Waals surface area contributed by atoms with E-state index in [2.05, 4.69) is 44.5 Å². The summed E-state index contributed by atoms with van der Waals surface area (Å²) in [6, 6.07) is 5.92. The SMILES string of the molecule is CC(C)(C)[Si](C)(C)OCc1cccc(NC2CCNCC2)c1F. The molecule has 1 fully saturated rings. The van der Waals surface area contributed by atoms with Crippen LogP contribution in [0.5, 0.6) is 0 Å². The highest BCUT2D eigenvalue weighted by molar-refractivity contribution is 6.74. The van der Waals surface area contributed by atoms with Gasteiger partial charge in [0.25, 0.3) is 0 Å². The van der Waals surface area contributed by atoms with E-state index in [9.17, 15) is 4.39 Å². The average molecular weight is 339 g/mol. The van der Waals surface area contributed by atoms with Crippen molar-refractivity contribution in [2.24, 2.45) is 0 Å². The fourth-order valence-corrected chi connectivity index (χ4v) is 3.41. The van der Waals surface area contributed by atoms with Crippen molar-refractivity contribution in [2.75, 3.05) is 18.4 Å². The highest BCUT2D eigenvalue weighted by atomic mass is 28.4. The Hall–Kier alpha value is -0.913. The molecule has 0 spiro atoms. The number of nitrogens with one attached hydrogen (secondary N) is 2. The zero-order valence-corrected chi connectivity index (χ0v) is 16.1. The van der Waals surface area contributed by atoms with Crippen molar-refractivity contribution in [3.05, 3.63) is 29.6 Å². The molecule has 1 heterocycles. The van der Waals surface area contributed by atoms with Gasteiger partial charge in [0.15, 0.2) is 14.1 Å². The van der Waals surface area contributed by atoms with Crippen molar-refractivity contribution in [1.29, 1.82) is 0 Å². The van der Waals surface area contributed by atoms with Crippen LogP contribution in [-0.2, 0) is 11.0 Å². The minimum atomic E-state index is -1.87. The van der Waals surface area contributed by atoms with Crippen LogP contribution in [0.3, 0.4) is 0 Å². The first-order valence-electron chi connectivity index (χ1n) is 8.59. The van der Waals surface area contributed by atoms with Crippen LogP contribution in [0.2, 0.25) is 18.1 Å². The second kappa shape index (κ2) is 7.32. The summed E-state index contributed by atoms with van der Waals surface area (Å²) in [6.07, 6.45) is 2.06. The molecule has 0 bridgehead atoms. The molecule has 2 rings (SSSR count). The van der Waals surface area contributed by atoms with E-state index in [1.807, 2.05) is 18.2 Å². The van der Waals surface area contributed by atoms with Gasteiger partial charge in [-0.05, 0) is 50.1 Å². The largest absolute Gasteiger partial charge is 0.412 e. The van der Waals surface area contributed by atoms with Crippen LogP contribution in [0, 0.1) is 5.82 Å². The highest BCUT2D eigenvalue weighted by Crippen LogP contribution is 2.37. The van der Waals surface area contributed by atoms with E-state index in [-0.39, 0.29) is 10.9 Å². The molecule has 2 N–H and O–H groups in total. The molecule has 1 aromatic carbocycles. The smallest absolute Gasteiger partial charge is 0.192 e. The quantitative estimate of drug-likeness (QED) is 0.775. The standard InChI is InChI=1S/C18H31FN2OSi/c1-18(2,3)23(4,5)22-13-14-7-6-8-16(17(14)19)21-15-9-11-20-12-10-15/h6-8,15,20-21H,9-13H2,1-5H3. The molecule has 0 radical (unpaired) electrons. The molecule has 0 aliphatic carbocycles. The van der Waals surface area contributed by atoms with Crippen LogP contribution in [0.1, 0.15) is 39.2 Å². The van der Waals surface area contributed by atoms with Gasteiger partial charge in [-0.2, -0.15) is 0 Å². The Morgan fingerprint density at radius 3 is 2.52 bits per heavy atom. The molecule has 0 atom stereocenters. The molecule has 0 aromatic heterocycles. The van der Waals surface area contributed by atoms with Gasteiger partial charge in [-0.1, -0.05) is 32.9 Å². The van der Waals surface area contributed by atoms with Crippen LogP contribution in [-0.4, -0.2) is 27.4 Å². The normalized spacial score (nSPS) is 17.3. The van der Waals surface area contributed by atoms with Crippen LogP contribution in [0.25, 0.3) is 0 Å². The fraction of sp³-hybridized carbons (Fsp3) is 0.667. The van der Waals surface area contributed by atoms with Crippen molar-refractivity contribution in [3.63, 3.8) is 0 Å². The number of anilines is 1. The number of piperidine rings is 1. The van der Waals surface area contributed by atoms with Crippen molar-refractivity contribution < 1.29 is 8.82 Å². The third-order valence-corrected chi connectivity index (χ3v) is 9.65. The summed E-state index contributed by atoms with van der Waals surface area (Å²) >= 11 is 0. The van der Waals surface area contributed by atoms with Gasteiger partial charge in [0.05, 0.1) is 12.3 Å². The van der Waals surface area contributed by atoms with Crippen molar-refractivity contribution in [3.8, 4) is 0 Å². The predicted molar refractivity (Wildman–Crippen MR) is 97.9 cm³/mol. The molecule has 1 aromatic rings. The second-order valence-electron chi connectivity index (χ2n) is 8.00. The monoisotopic (exact) mass is 338 g/mol. The number of hydrogen-bond acceptors (Lipinski definition) is 3. The van der Waals surface area contributed by atoms with Gasteiger partial charge in [0.1, 0.15) is 0 Å². The van der Waals surface area contributed by atoms with Crippen LogP contribution in [0.4, 0.5) is 10.1 Å². The predicted octanol–water partition coefficient (Wildman–Crippen LogP) is 4.51. The Morgan fingerprint density at radius 2 is 1.91 bits per heavy atom. The van der Waals surface area contributed by atoms with Crippen molar-refractivity contribution >= 4 is 14.0 Å². The molecule has 3 nitrogen and oxygen atoms in total. The molecule has 1 saturated heterocycles. The molecule has 130 valence electrons. The lowest BCUT2D eigenvalue weighted by atomic mass is 10.1. The maximum absolute atomic E-state index is 14.8. The lowest BCUT2D eigenvalue weighted by Crippen LogP contribution is -2.40. The van der Waals surface area contributed by atoms with Crippen LogP contribution in [0.15, 0.2) is 18.2 Å². The molecule has 1 aliphatic heterocycles. The number of halogens is 1. The van der Waals surface area contributed by atoms with Gasteiger partial charge in [-0.25, -0.2) is 4.39 Å². The van der Waals surface area contributed by atoms with Crippen molar-refractivity contribution in [1.82, 2.24) is 5.32 Å². The summed E-state index contributed by atoms with van der Waals surface area (Å²) < 4.78 is 20.9. The summed E-state index contributed by atoms with van der Waals surface area (Å²) in [5.41, 5.74) is 1.25. The van der Waals surface area contributed by atoms with E-state index >= 15 is 0 Å². The van der Waals surface area contributed by atoms with E-state index in [0.717, 1.165) is 25.9 Å².